The summed E-state index contributed by atoms with van der Waals surface area (Å²) in [5.74, 6) is -1.21. The van der Waals surface area contributed by atoms with E-state index in [9.17, 15) is 14.3 Å². The number of nitrogens with two attached hydrogens (primary N) is 1. The van der Waals surface area contributed by atoms with Gasteiger partial charge in [-0.2, -0.15) is 4.98 Å². The summed E-state index contributed by atoms with van der Waals surface area (Å²) in [5, 5.41) is 13.5. The molecule has 0 radical (unpaired) electrons. The first kappa shape index (κ1) is 14.3. The summed E-state index contributed by atoms with van der Waals surface area (Å²) in [4.78, 5) is 15.7. The lowest BCUT2D eigenvalue weighted by Crippen LogP contribution is -2.33. The summed E-state index contributed by atoms with van der Waals surface area (Å²) >= 11 is 0. The van der Waals surface area contributed by atoms with E-state index in [0.29, 0.717) is 30.0 Å². The van der Waals surface area contributed by atoms with E-state index in [4.69, 9.17) is 10.5 Å². The average Bonchev–Trinajstić information content (AvgIpc) is 2.85. The second-order valence-corrected chi connectivity index (χ2v) is 5.15. The Morgan fingerprint density at radius 3 is 2.95 bits per heavy atom. The third-order valence-corrected chi connectivity index (χ3v) is 3.90. The fraction of sp³-hybridized carbons (Fsp3) is 0.357. The van der Waals surface area contributed by atoms with Crippen molar-refractivity contribution in [2.24, 2.45) is 0 Å². The molecule has 1 aliphatic rings. The number of nitrogen functional groups attached to an aromatic ring is 1. The molecule has 22 heavy (non-hydrogen) atoms. The summed E-state index contributed by atoms with van der Waals surface area (Å²) < 4.78 is 20.6. The number of anilines is 1. The number of benzene rings is 1. The van der Waals surface area contributed by atoms with E-state index in [1.54, 1.807) is 12.1 Å². The Morgan fingerprint density at radius 1 is 1.55 bits per heavy atom. The number of carboxylic acids is 1. The number of aliphatic carboxylic acids is 1. The van der Waals surface area contributed by atoms with Gasteiger partial charge in [-0.15, -0.1) is 5.10 Å². The highest BCUT2D eigenvalue weighted by molar-refractivity contribution is 5.73. The first-order valence-electron chi connectivity index (χ1n) is 6.78. The molecule has 0 spiro atoms. The van der Waals surface area contributed by atoms with Crippen molar-refractivity contribution in [2.75, 3.05) is 12.8 Å². The largest absolute Gasteiger partial charge is 0.497 e. The summed E-state index contributed by atoms with van der Waals surface area (Å²) in [6.07, 6.45) is 0.947. The molecular weight excluding hydrogens is 291 g/mol. The molecule has 2 unspecified atom stereocenters. The Labute approximate surface area is 125 Å². The maximum Gasteiger partial charge on any atom is 0.329 e. The molecule has 0 amide bonds. The first-order chi connectivity index (χ1) is 10.5. The van der Waals surface area contributed by atoms with Gasteiger partial charge in [-0.25, -0.2) is 13.9 Å². The number of hydrogen-bond donors (Lipinski definition) is 2. The average molecular weight is 306 g/mol. The second-order valence-electron chi connectivity index (χ2n) is 5.15. The number of carbonyl (C=O) groups is 1. The molecular formula is C14H15FN4O3. The standard InChI is InChI=1S/C14H15FN4O3/c1-22-7-2-3-8(10(15)6-7)9-4-5-11-17-14(16)18-19(11)12(9)13(20)21/h2-3,6,9,12H,4-5H2,1H3,(H2,16,18)(H,20,21). The van der Waals surface area contributed by atoms with Crippen molar-refractivity contribution in [3.8, 4) is 5.75 Å². The Balaban J connectivity index is 2.05. The van der Waals surface area contributed by atoms with E-state index < -0.39 is 23.7 Å². The van der Waals surface area contributed by atoms with Crippen LogP contribution < -0.4 is 10.5 Å². The molecule has 1 aromatic carbocycles. The lowest BCUT2D eigenvalue weighted by Gasteiger charge is -2.29. The molecule has 0 aliphatic carbocycles. The molecule has 8 heteroatoms. The van der Waals surface area contributed by atoms with Gasteiger partial charge in [0.2, 0.25) is 5.95 Å². The summed E-state index contributed by atoms with van der Waals surface area (Å²) in [5.41, 5.74) is 5.87. The molecule has 0 fully saturated rings. The summed E-state index contributed by atoms with van der Waals surface area (Å²) in [6, 6.07) is 3.39. The number of carboxylic acid groups (broad SMARTS) is 1. The second kappa shape index (κ2) is 5.28. The minimum absolute atomic E-state index is 0.0251. The van der Waals surface area contributed by atoms with E-state index in [1.807, 2.05) is 0 Å². The number of methoxy groups -OCH3 is 1. The molecule has 1 aliphatic heterocycles. The zero-order valence-corrected chi connectivity index (χ0v) is 11.9. The minimum Gasteiger partial charge on any atom is -0.497 e. The van der Waals surface area contributed by atoms with Crippen molar-refractivity contribution in [1.29, 1.82) is 0 Å². The van der Waals surface area contributed by atoms with Crippen molar-refractivity contribution in [3.63, 3.8) is 0 Å². The highest BCUT2D eigenvalue weighted by Crippen LogP contribution is 2.39. The molecule has 2 heterocycles. The van der Waals surface area contributed by atoms with Crippen LogP contribution in [-0.4, -0.2) is 33.0 Å². The lowest BCUT2D eigenvalue weighted by atomic mass is 9.84. The number of aromatic nitrogens is 3. The van der Waals surface area contributed by atoms with Crippen LogP contribution in [0, 0.1) is 5.82 Å². The highest BCUT2D eigenvalue weighted by atomic mass is 19.1. The Morgan fingerprint density at radius 2 is 2.32 bits per heavy atom. The van der Waals surface area contributed by atoms with Crippen LogP contribution in [0.2, 0.25) is 0 Å². The molecule has 0 bridgehead atoms. The molecule has 3 N–H and O–H groups in total. The Kier molecular flexibility index (Phi) is 3.44. The number of rotatable bonds is 3. The normalized spacial score (nSPS) is 20.5. The van der Waals surface area contributed by atoms with E-state index >= 15 is 0 Å². The van der Waals surface area contributed by atoms with Gasteiger partial charge >= 0.3 is 5.97 Å². The number of halogens is 1. The molecule has 2 atom stereocenters. The number of ether oxygens (including phenoxy) is 1. The molecule has 0 saturated carbocycles. The van der Waals surface area contributed by atoms with Crippen LogP contribution in [0.15, 0.2) is 18.2 Å². The number of aryl methyl sites for hydroxylation is 1. The van der Waals surface area contributed by atoms with Crippen LogP contribution in [0.3, 0.4) is 0 Å². The van der Waals surface area contributed by atoms with Crippen molar-refractivity contribution < 1.29 is 19.0 Å². The lowest BCUT2D eigenvalue weighted by molar-refractivity contribution is -0.142. The Hall–Kier alpha value is -2.64. The summed E-state index contributed by atoms with van der Waals surface area (Å²) in [7, 11) is 1.44. The van der Waals surface area contributed by atoms with E-state index in [0.717, 1.165) is 0 Å². The van der Waals surface area contributed by atoms with Crippen molar-refractivity contribution >= 4 is 11.9 Å². The topological polar surface area (TPSA) is 103 Å². The first-order valence-corrected chi connectivity index (χ1v) is 6.78. The van der Waals surface area contributed by atoms with Crippen LogP contribution in [0.5, 0.6) is 5.75 Å². The molecule has 3 rings (SSSR count). The smallest absolute Gasteiger partial charge is 0.329 e. The molecule has 116 valence electrons. The number of hydrogen-bond acceptors (Lipinski definition) is 5. The van der Waals surface area contributed by atoms with Gasteiger partial charge in [0.15, 0.2) is 6.04 Å². The van der Waals surface area contributed by atoms with Crippen molar-refractivity contribution in [3.05, 3.63) is 35.4 Å². The fourth-order valence-corrected chi connectivity index (χ4v) is 2.92. The van der Waals surface area contributed by atoms with Gasteiger partial charge in [-0.1, -0.05) is 6.07 Å². The number of fused-ring (bicyclic) bond motifs is 1. The van der Waals surface area contributed by atoms with Crippen LogP contribution in [-0.2, 0) is 11.2 Å². The van der Waals surface area contributed by atoms with E-state index in [2.05, 4.69) is 10.1 Å². The van der Waals surface area contributed by atoms with Crippen LogP contribution in [0.25, 0.3) is 0 Å². The zero-order chi connectivity index (χ0) is 15.9. The monoisotopic (exact) mass is 306 g/mol. The number of nitrogens with zero attached hydrogens (tertiary/aromatic N) is 3. The highest BCUT2D eigenvalue weighted by Gasteiger charge is 2.38. The van der Waals surface area contributed by atoms with Gasteiger partial charge in [0.05, 0.1) is 7.11 Å². The van der Waals surface area contributed by atoms with Crippen LogP contribution in [0.4, 0.5) is 10.3 Å². The van der Waals surface area contributed by atoms with Crippen LogP contribution in [0.1, 0.15) is 29.8 Å². The molecule has 0 saturated heterocycles. The van der Waals surface area contributed by atoms with Crippen molar-refractivity contribution in [2.45, 2.75) is 24.8 Å². The molecule has 7 nitrogen and oxygen atoms in total. The predicted molar refractivity (Wildman–Crippen MR) is 75.1 cm³/mol. The molecule has 1 aromatic heterocycles. The van der Waals surface area contributed by atoms with E-state index in [1.165, 1.54) is 17.9 Å². The fourth-order valence-electron chi connectivity index (χ4n) is 2.92. The molecule has 2 aromatic rings. The van der Waals surface area contributed by atoms with Crippen LogP contribution >= 0.6 is 0 Å². The van der Waals surface area contributed by atoms with Gasteiger partial charge in [0.1, 0.15) is 17.4 Å². The minimum atomic E-state index is -1.09. The maximum absolute atomic E-state index is 14.3. The zero-order valence-electron chi connectivity index (χ0n) is 11.9. The van der Waals surface area contributed by atoms with Gasteiger partial charge in [-0.3, -0.25) is 0 Å². The van der Waals surface area contributed by atoms with E-state index in [-0.39, 0.29) is 5.95 Å². The van der Waals surface area contributed by atoms with Crippen molar-refractivity contribution in [1.82, 2.24) is 14.8 Å². The SMILES string of the molecule is COc1ccc(C2CCc3nc(N)nn3C2C(=O)O)c(F)c1. The third kappa shape index (κ3) is 2.26. The quantitative estimate of drug-likeness (QED) is 0.887. The Bertz CT molecular complexity index is 731. The maximum atomic E-state index is 14.3. The third-order valence-electron chi connectivity index (χ3n) is 3.90. The predicted octanol–water partition coefficient (Wildman–Crippen LogP) is 1.36. The van der Waals surface area contributed by atoms with Gasteiger partial charge < -0.3 is 15.6 Å². The van der Waals surface area contributed by atoms with Gasteiger partial charge in [0.25, 0.3) is 0 Å². The van der Waals surface area contributed by atoms with Gasteiger partial charge in [-0.05, 0) is 18.1 Å². The van der Waals surface area contributed by atoms with Gasteiger partial charge in [0, 0.05) is 18.4 Å². The summed E-state index contributed by atoms with van der Waals surface area (Å²) in [6.45, 7) is 0.